The van der Waals surface area contributed by atoms with E-state index in [-0.39, 0.29) is 0 Å². The molecule has 66 valence electrons. The summed E-state index contributed by atoms with van der Waals surface area (Å²) in [4.78, 5) is 0.817. The van der Waals surface area contributed by atoms with Gasteiger partial charge in [0.2, 0.25) is 0 Å². The summed E-state index contributed by atoms with van der Waals surface area (Å²) >= 11 is 6.93. The lowest BCUT2D eigenvalue weighted by Gasteiger charge is -1.99. The van der Waals surface area contributed by atoms with Crippen LogP contribution in [0.4, 0.5) is 0 Å². The lowest BCUT2D eigenvalue weighted by atomic mass is 10.2. The van der Waals surface area contributed by atoms with Crippen LogP contribution in [0.3, 0.4) is 0 Å². The van der Waals surface area contributed by atoms with E-state index in [9.17, 15) is 0 Å². The highest BCUT2D eigenvalue weighted by Gasteiger charge is 2.05. The van der Waals surface area contributed by atoms with Crippen molar-refractivity contribution in [1.82, 2.24) is 5.32 Å². The Kier molecular flexibility index (Phi) is 2.29. The number of benzene rings is 1. The first-order valence-electron chi connectivity index (χ1n) is 4.01. The molecular weight excluding hydrogens is 198 g/mol. The molecule has 0 saturated carbocycles. The van der Waals surface area contributed by atoms with Crippen LogP contribution in [0.2, 0.25) is 0 Å². The van der Waals surface area contributed by atoms with Crippen molar-refractivity contribution in [2.45, 2.75) is 0 Å². The molecule has 0 spiro atoms. The summed E-state index contributed by atoms with van der Waals surface area (Å²) < 4.78 is 1.29. The van der Waals surface area contributed by atoms with E-state index >= 15 is 0 Å². The van der Waals surface area contributed by atoms with Gasteiger partial charge in [-0.25, -0.2) is 0 Å². The molecule has 0 aliphatic heterocycles. The summed E-state index contributed by atoms with van der Waals surface area (Å²) in [6.07, 6.45) is 0. The van der Waals surface area contributed by atoms with E-state index in [2.05, 4.69) is 22.8 Å². The zero-order valence-corrected chi connectivity index (χ0v) is 8.84. The summed E-state index contributed by atoms with van der Waals surface area (Å²) in [5.74, 6) is 0. The average Bonchev–Trinajstić information content (AvgIpc) is 2.60. The Morgan fingerprint density at radius 2 is 2.15 bits per heavy atom. The molecule has 0 fully saturated rings. The molecule has 1 heterocycles. The van der Waals surface area contributed by atoms with Crippen LogP contribution in [0.25, 0.3) is 10.1 Å². The molecule has 0 radical (unpaired) electrons. The SMILES string of the molecule is CNC(=S)c1csc2ccccc12. The molecule has 0 atom stereocenters. The highest BCUT2D eigenvalue weighted by molar-refractivity contribution is 7.80. The van der Waals surface area contributed by atoms with Gasteiger partial charge in [-0.05, 0) is 6.07 Å². The van der Waals surface area contributed by atoms with Crippen molar-refractivity contribution in [3.8, 4) is 0 Å². The van der Waals surface area contributed by atoms with Crippen LogP contribution >= 0.6 is 23.6 Å². The van der Waals surface area contributed by atoms with Crippen LogP contribution < -0.4 is 5.32 Å². The van der Waals surface area contributed by atoms with Crippen LogP contribution in [-0.2, 0) is 0 Å². The van der Waals surface area contributed by atoms with Crippen molar-refractivity contribution in [3.63, 3.8) is 0 Å². The Hall–Kier alpha value is -0.930. The van der Waals surface area contributed by atoms with E-state index in [0.29, 0.717) is 0 Å². The average molecular weight is 207 g/mol. The molecule has 0 aliphatic rings. The van der Waals surface area contributed by atoms with Gasteiger partial charge in [0.25, 0.3) is 0 Å². The number of hydrogen-bond donors (Lipinski definition) is 1. The highest BCUT2D eigenvalue weighted by Crippen LogP contribution is 2.25. The maximum atomic E-state index is 5.20. The minimum Gasteiger partial charge on any atom is -0.379 e. The van der Waals surface area contributed by atoms with Crippen molar-refractivity contribution in [3.05, 3.63) is 35.2 Å². The predicted molar refractivity (Wildman–Crippen MR) is 62.6 cm³/mol. The summed E-state index contributed by atoms with van der Waals surface area (Å²) in [5.41, 5.74) is 1.14. The minimum atomic E-state index is 0.817. The monoisotopic (exact) mass is 207 g/mol. The standard InChI is InChI=1S/C10H9NS2/c1-11-10(12)8-6-13-9-5-3-2-4-7(8)9/h2-6H,1H3,(H,11,12). The summed E-state index contributed by atoms with van der Waals surface area (Å²) in [6, 6.07) is 8.30. The number of nitrogens with one attached hydrogen (secondary N) is 1. The second-order valence-corrected chi connectivity index (χ2v) is 4.04. The second-order valence-electron chi connectivity index (χ2n) is 2.72. The topological polar surface area (TPSA) is 12.0 Å². The molecule has 1 N–H and O–H groups in total. The van der Waals surface area contributed by atoms with Crippen LogP contribution in [0.15, 0.2) is 29.6 Å². The fourth-order valence-corrected chi connectivity index (χ4v) is 2.48. The Labute approximate surface area is 86.4 Å². The van der Waals surface area contributed by atoms with E-state index in [1.165, 1.54) is 10.1 Å². The Morgan fingerprint density at radius 1 is 1.38 bits per heavy atom. The molecule has 0 unspecified atom stereocenters. The molecule has 2 rings (SSSR count). The Bertz CT molecular complexity index is 445. The van der Waals surface area contributed by atoms with E-state index in [1.807, 2.05) is 19.2 Å². The van der Waals surface area contributed by atoms with Gasteiger partial charge in [0.1, 0.15) is 4.99 Å². The molecule has 0 aliphatic carbocycles. The van der Waals surface area contributed by atoms with Crippen LogP contribution in [0.5, 0.6) is 0 Å². The van der Waals surface area contributed by atoms with Gasteiger partial charge in [0, 0.05) is 28.1 Å². The summed E-state index contributed by atoms with van der Waals surface area (Å²) in [7, 11) is 1.86. The van der Waals surface area contributed by atoms with Gasteiger partial charge >= 0.3 is 0 Å². The lowest BCUT2D eigenvalue weighted by molar-refractivity contribution is 1.21. The fourth-order valence-electron chi connectivity index (χ4n) is 1.29. The van der Waals surface area contributed by atoms with Gasteiger partial charge in [-0.15, -0.1) is 11.3 Å². The Balaban J connectivity index is 2.64. The van der Waals surface area contributed by atoms with E-state index < -0.39 is 0 Å². The fraction of sp³-hybridized carbons (Fsp3) is 0.100. The van der Waals surface area contributed by atoms with Crippen molar-refractivity contribution < 1.29 is 0 Å². The smallest absolute Gasteiger partial charge is 0.107 e. The summed E-state index contributed by atoms with van der Waals surface area (Å²) in [5, 5.41) is 6.34. The Morgan fingerprint density at radius 3 is 2.92 bits per heavy atom. The molecule has 2 aromatic rings. The quantitative estimate of drug-likeness (QED) is 0.722. The molecule has 1 aromatic heterocycles. The minimum absolute atomic E-state index is 0.817. The molecule has 13 heavy (non-hydrogen) atoms. The van der Waals surface area contributed by atoms with Crippen molar-refractivity contribution in [2.24, 2.45) is 0 Å². The van der Waals surface area contributed by atoms with Gasteiger partial charge in [0.05, 0.1) is 0 Å². The lowest BCUT2D eigenvalue weighted by Crippen LogP contribution is -2.15. The zero-order valence-electron chi connectivity index (χ0n) is 7.20. The van der Waals surface area contributed by atoms with Gasteiger partial charge < -0.3 is 5.32 Å². The third kappa shape index (κ3) is 1.45. The number of fused-ring (bicyclic) bond motifs is 1. The molecule has 1 aromatic carbocycles. The van der Waals surface area contributed by atoms with Crippen LogP contribution in [0.1, 0.15) is 5.56 Å². The largest absolute Gasteiger partial charge is 0.379 e. The molecule has 0 saturated heterocycles. The number of thiocarbonyl (C=S) groups is 1. The maximum absolute atomic E-state index is 5.20. The molecular formula is C10H9NS2. The molecule has 3 heteroatoms. The van der Waals surface area contributed by atoms with Crippen molar-refractivity contribution >= 4 is 38.6 Å². The van der Waals surface area contributed by atoms with E-state index in [4.69, 9.17) is 12.2 Å². The second kappa shape index (κ2) is 3.44. The predicted octanol–water partition coefficient (Wildman–Crippen LogP) is 2.80. The number of thiophene rings is 1. The molecule has 0 amide bonds. The third-order valence-corrected chi connectivity index (χ3v) is 3.34. The van der Waals surface area contributed by atoms with Gasteiger partial charge in [0.15, 0.2) is 0 Å². The number of rotatable bonds is 1. The van der Waals surface area contributed by atoms with Crippen LogP contribution in [-0.4, -0.2) is 12.0 Å². The van der Waals surface area contributed by atoms with Crippen molar-refractivity contribution in [1.29, 1.82) is 0 Å². The normalized spacial score (nSPS) is 10.2. The number of hydrogen-bond acceptors (Lipinski definition) is 2. The zero-order chi connectivity index (χ0) is 9.26. The van der Waals surface area contributed by atoms with Gasteiger partial charge in [-0.2, -0.15) is 0 Å². The first kappa shape index (κ1) is 8.66. The molecule has 1 nitrogen and oxygen atoms in total. The van der Waals surface area contributed by atoms with Crippen molar-refractivity contribution in [2.75, 3.05) is 7.05 Å². The van der Waals surface area contributed by atoms with Crippen LogP contribution in [0, 0.1) is 0 Å². The third-order valence-electron chi connectivity index (χ3n) is 1.95. The maximum Gasteiger partial charge on any atom is 0.107 e. The summed E-state index contributed by atoms with van der Waals surface area (Å²) in [6.45, 7) is 0. The highest BCUT2D eigenvalue weighted by atomic mass is 32.1. The first-order valence-corrected chi connectivity index (χ1v) is 5.30. The van der Waals surface area contributed by atoms with E-state index in [1.54, 1.807) is 11.3 Å². The first-order chi connectivity index (χ1) is 6.33. The van der Waals surface area contributed by atoms with E-state index in [0.717, 1.165) is 10.6 Å². The van der Waals surface area contributed by atoms with Gasteiger partial charge in [-0.3, -0.25) is 0 Å². The van der Waals surface area contributed by atoms with Gasteiger partial charge in [-0.1, -0.05) is 30.4 Å². The molecule has 0 bridgehead atoms.